The molecule has 1 heterocycles. The first kappa shape index (κ1) is 7.80. The molecular weight excluding hydrogens is 152 g/mol. The second-order valence-corrected chi connectivity index (χ2v) is 3.68. The fraction of sp³-hybridized carbons (Fsp3) is 0.667. The van der Waals surface area contributed by atoms with Crippen LogP contribution >= 0.6 is 0 Å². The molecule has 1 fully saturated rings. The molecule has 1 aliphatic carbocycles. The summed E-state index contributed by atoms with van der Waals surface area (Å²) in [5.41, 5.74) is 0. The molecule has 2 N–H and O–H groups in total. The Morgan fingerprint density at radius 1 is 1.83 bits per heavy atom. The summed E-state index contributed by atoms with van der Waals surface area (Å²) in [5.74, 6) is 2.10. The Bertz CT molecular complexity index is 245. The quantitative estimate of drug-likeness (QED) is 0.703. The average Bonchev–Trinajstić information content (AvgIpc) is 2.58. The third kappa shape index (κ3) is 1.50. The molecule has 0 spiro atoms. The van der Waals surface area contributed by atoms with Gasteiger partial charge in [0.05, 0.1) is 6.10 Å². The number of nitrogens with one attached hydrogen (secondary N) is 1. The third-order valence-electron chi connectivity index (χ3n) is 2.62. The maximum atomic E-state index is 9.67. The monoisotopic (exact) mass is 166 g/mol. The van der Waals surface area contributed by atoms with Gasteiger partial charge in [-0.15, -0.1) is 0 Å². The zero-order valence-corrected chi connectivity index (χ0v) is 7.20. The molecule has 1 aromatic rings. The van der Waals surface area contributed by atoms with Crippen molar-refractivity contribution in [1.29, 1.82) is 0 Å². The van der Waals surface area contributed by atoms with Gasteiger partial charge in [-0.3, -0.25) is 0 Å². The molecule has 0 aliphatic heterocycles. The van der Waals surface area contributed by atoms with E-state index in [-0.39, 0.29) is 6.10 Å². The van der Waals surface area contributed by atoms with E-state index in [1.807, 2.05) is 0 Å². The van der Waals surface area contributed by atoms with Gasteiger partial charge in [0.15, 0.2) is 0 Å². The first-order valence-corrected chi connectivity index (χ1v) is 4.43. The van der Waals surface area contributed by atoms with Gasteiger partial charge >= 0.3 is 0 Å². The van der Waals surface area contributed by atoms with Gasteiger partial charge < -0.3 is 10.1 Å². The molecule has 0 amide bonds. The first-order chi connectivity index (χ1) is 5.77. The number of rotatable bonds is 3. The smallest absolute Gasteiger partial charge is 0.108 e. The van der Waals surface area contributed by atoms with Gasteiger partial charge in [0, 0.05) is 18.8 Å². The summed E-state index contributed by atoms with van der Waals surface area (Å²) in [4.78, 5) is 7.07. The predicted molar refractivity (Wildman–Crippen MR) is 45.6 cm³/mol. The standard InChI is InChI=1S/C9H14N2O/c1-6-4-7(6)8(12)5-9-10-2-3-11-9/h2-3,6-8,12H,4-5H2,1H3,(H,10,11). The van der Waals surface area contributed by atoms with Crippen LogP contribution < -0.4 is 0 Å². The Balaban J connectivity index is 1.87. The van der Waals surface area contributed by atoms with Crippen LogP contribution in [0.1, 0.15) is 19.2 Å². The van der Waals surface area contributed by atoms with E-state index in [4.69, 9.17) is 0 Å². The molecule has 1 aliphatic rings. The molecule has 0 aromatic carbocycles. The third-order valence-corrected chi connectivity index (χ3v) is 2.62. The van der Waals surface area contributed by atoms with Crippen LogP contribution in [0.5, 0.6) is 0 Å². The highest BCUT2D eigenvalue weighted by atomic mass is 16.3. The van der Waals surface area contributed by atoms with Crippen LogP contribution in [0.2, 0.25) is 0 Å². The van der Waals surface area contributed by atoms with Gasteiger partial charge in [0.25, 0.3) is 0 Å². The Morgan fingerprint density at radius 3 is 3.08 bits per heavy atom. The Kier molecular flexibility index (Phi) is 1.89. The van der Waals surface area contributed by atoms with Gasteiger partial charge in [-0.05, 0) is 18.3 Å². The van der Waals surface area contributed by atoms with Gasteiger partial charge in [-0.1, -0.05) is 6.92 Å². The van der Waals surface area contributed by atoms with Crippen molar-refractivity contribution in [3.63, 3.8) is 0 Å². The molecule has 0 bridgehead atoms. The fourth-order valence-electron chi connectivity index (χ4n) is 1.65. The second kappa shape index (κ2) is 2.90. The maximum absolute atomic E-state index is 9.67. The van der Waals surface area contributed by atoms with Crippen LogP contribution in [0, 0.1) is 11.8 Å². The number of aromatic amines is 1. The van der Waals surface area contributed by atoms with Gasteiger partial charge in [-0.25, -0.2) is 4.98 Å². The fourth-order valence-corrected chi connectivity index (χ4v) is 1.65. The van der Waals surface area contributed by atoms with Crippen LogP contribution in [0.4, 0.5) is 0 Å². The number of H-pyrrole nitrogens is 1. The van der Waals surface area contributed by atoms with Crippen LogP contribution in [-0.4, -0.2) is 21.2 Å². The molecule has 3 heteroatoms. The molecule has 3 unspecified atom stereocenters. The minimum atomic E-state index is -0.203. The number of hydrogen-bond donors (Lipinski definition) is 2. The lowest BCUT2D eigenvalue weighted by Crippen LogP contribution is -2.14. The minimum Gasteiger partial charge on any atom is -0.392 e. The number of aliphatic hydroxyl groups excluding tert-OH is 1. The second-order valence-electron chi connectivity index (χ2n) is 3.68. The highest BCUT2D eigenvalue weighted by Crippen LogP contribution is 2.41. The molecular formula is C9H14N2O. The molecule has 1 aromatic heterocycles. The van der Waals surface area contributed by atoms with E-state index in [0.29, 0.717) is 18.3 Å². The van der Waals surface area contributed by atoms with E-state index in [1.165, 1.54) is 6.42 Å². The molecule has 12 heavy (non-hydrogen) atoms. The summed E-state index contributed by atoms with van der Waals surface area (Å²) in [7, 11) is 0. The Labute approximate surface area is 71.8 Å². The Morgan fingerprint density at radius 2 is 2.58 bits per heavy atom. The molecule has 2 rings (SSSR count). The van der Waals surface area contributed by atoms with Gasteiger partial charge in [0.2, 0.25) is 0 Å². The first-order valence-electron chi connectivity index (χ1n) is 4.43. The summed E-state index contributed by atoms with van der Waals surface area (Å²) in [5, 5.41) is 9.67. The predicted octanol–water partition coefficient (Wildman–Crippen LogP) is 0.969. The SMILES string of the molecule is CC1CC1C(O)Cc1ncc[nH]1. The zero-order chi connectivity index (χ0) is 8.55. The minimum absolute atomic E-state index is 0.203. The number of aliphatic hydroxyl groups is 1. The normalized spacial score (nSPS) is 30.2. The van der Waals surface area contributed by atoms with Crippen LogP contribution in [0.3, 0.4) is 0 Å². The van der Waals surface area contributed by atoms with E-state index in [1.54, 1.807) is 12.4 Å². The van der Waals surface area contributed by atoms with Crippen molar-refractivity contribution in [1.82, 2.24) is 9.97 Å². The molecule has 3 nitrogen and oxygen atoms in total. The number of imidazole rings is 1. The van der Waals surface area contributed by atoms with Crippen molar-refractivity contribution in [2.75, 3.05) is 0 Å². The van der Waals surface area contributed by atoms with Gasteiger partial charge in [0.1, 0.15) is 5.82 Å². The van der Waals surface area contributed by atoms with E-state index >= 15 is 0 Å². The highest BCUT2D eigenvalue weighted by Gasteiger charge is 2.38. The Hall–Kier alpha value is -0.830. The molecule has 0 radical (unpaired) electrons. The lowest BCUT2D eigenvalue weighted by atomic mass is 10.1. The van der Waals surface area contributed by atoms with Gasteiger partial charge in [-0.2, -0.15) is 0 Å². The molecule has 3 atom stereocenters. The summed E-state index contributed by atoms with van der Waals surface area (Å²) in [6.07, 6.45) is 5.15. The molecule has 66 valence electrons. The van der Waals surface area contributed by atoms with Crippen LogP contribution in [-0.2, 0) is 6.42 Å². The van der Waals surface area contributed by atoms with Crippen molar-refractivity contribution in [2.24, 2.45) is 11.8 Å². The highest BCUT2D eigenvalue weighted by molar-refractivity contribution is 4.96. The van der Waals surface area contributed by atoms with Crippen molar-refractivity contribution in [3.8, 4) is 0 Å². The van der Waals surface area contributed by atoms with Crippen molar-refractivity contribution < 1.29 is 5.11 Å². The summed E-state index contributed by atoms with van der Waals surface area (Å²) < 4.78 is 0. The largest absolute Gasteiger partial charge is 0.392 e. The maximum Gasteiger partial charge on any atom is 0.108 e. The topological polar surface area (TPSA) is 48.9 Å². The molecule has 1 saturated carbocycles. The van der Waals surface area contributed by atoms with Crippen LogP contribution in [0.15, 0.2) is 12.4 Å². The van der Waals surface area contributed by atoms with Crippen LogP contribution in [0.25, 0.3) is 0 Å². The van der Waals surface area contributed by atoms with E-state index < -0.39 is 0 Å². The number of aromatic nitrogens is 2. The number of nitrogens with zero attached hydrogens (tertiary/aromatic N) is 1. The summed E-state index contributed by atoms with van der Waals surface area (Å²) in [6.45, 7) is 2.18. The van der Waals surface area contributed by atoms with Crippen molar-refractivity contribution in [2.45, 2.75) is 25.9 Å². The lowest BCUT2D eigenvalue weighted by molar-refractivity contribution is 0.144. The average molecular weight is 166 g/mol. The summed E-state index contributed by atoms with van der Waals surface area (Å²) >= 11 is 0. The lowest BCUT2D eigenvalue weighted by Gasteiger charge is -2.06. The van der Waals surface area contributed by atoms with E-state index in [0.717, 1.165) is 5.82 Å². The zero-order valence-electron chi connectivity index (χ0n) is 7.20. The molecule has 0 saturated heterocycles. The summed E-state index contributed by atoms with van der Waals surface area (Å²) in [6, 6.07) is 0. The van der Waals surface area contributed by atoms with Crippen molar-refractivity contribution in [3.05, 3.63) is 18.2 Å². The van der Waals surface area contributed by atoms with E-state index in [9.17, 15) is 5.11 Å². The van der Waals surface area contributed by atoms with E-state index in [2.05, 4.69) is 16.9 Å². The number of hydrogen-bond acceptors (Lipinski definition) is 2. The van der Waals surface area contributed by atoms with Crippen molar-refractivity contribution >= 4 is 0 Å².